The lowest BCUT2D eigenvalue weighted by atomic mass is 10.1. The monoisotopic (exact) mass is 112 g/mol. The summed E-state index contributed by atoms with van der Waals surface area (Å²) in [5, 5.41) is 9.15. The second kappa shape index (κ2) is 1.59. The Morgan fingerprint density at radius 3 is 2.12 bits per heavy atom. The van der Waals surface area contributed by atoms with Crippen molar-refractivity contribution in [1.82, 2.24) is 0 Å². The van der Waals surface area contributed by atoms with E-state index in [4.69, 9.17) is 5.11 Å². The SMILES string of the molecule is CC(C)(O)C=C1CC1. The highest BCUT2D eigenvalue weighted by Crippen LogP contribution is 2.29. The van der Waals surface area contributed by atoms with Crippen LogP contribution in [0.3, 0.4) is 0 Å². The van der Waals surface area contributed by atoms with Gasteiger partial charge in [-0.2, -0.15) is 0 Å². The van der Waals surface area contributed by atoms with E-state index < -0.39 is 5.60 Å². The molecule has 0 bridgehead atoms. The van der Waals surface area contributed by atoms with Gasteiger partial charge in [-0.15, -0.1) is 0 Å². The second-order valence-corrected chi connectivity index (χ2v) is 2.96. The van der Waals surface area contributed by atoms with E-state index in [2.05, 4.69) is 0 Å². The van der Waals surface area contributed by atoms with Crippen molar-refractivity contribution in [2.24, 2.45) is 0 Å². The maximum absolute atomic E-state index is 9.15. The summed E-state index contributed by atoms with van der Waals surface area (Å²) in [6.45, 7) is 3.61. The predicted molar refractivity (Wildman–Crippen MR) is 33.6 cm³/mol. The molecule has 1 aliphatic carbocycles. The minimum absolute atomic E-state index is 0.578. The van der Waals surface area contributed by atoms with Gasteiger partial charge in [0.1, 0.15) is 0 Å². The van der Waals surface area contributed by atoms with Crippen molar-refractivity contribution in [2.45, 2.75) is 32.3 Å². The van der Waals surface area contributed by atoms with Crippen molar-refractivity contribution in [3.05, 3.63) is 11.6 Å². The van der Waals surface area contributed by atoms with Gasteiger partial charge >= 0.3 is 0 Å². The Bertz CT molecular complexity index is 111. The van der Waals surface area contributed by atoms with Crippen LogP contribution in [0.4, 0.5) is 0 Å². The first kappa shape index (κ1) is 5.83. The van der Waals surface area contributed by atoms with E-state index >= 15 is 0 Å². The van der Waals surface area contributed by atoms with Gasteiger partial charge in [-0.3, -0.25) is 0 Å². The van der Waals surface area contributed by atoms with Crippen LogP contribution in [0.5, 0.6) is 0 Å². The Kier molecular flexibility index (Phi) is 1.16. The topological polar surface area (TPSA) is 20.2 Å². The number of hydrogen-bond acceptors (Lipinski definition) is 1. The Hall–Kier alpha value is -0.300. The normalized spacial score (nSPS) is 18.6. The van der Waals surface area contributed by atoms with Gasteiger partial charge in [0.2, 0.25) is 0 Å². The van der Waals surface area contributed by atoms with Crippen molar-refractivity contribution in [3.63, 3.8) is 0 Å². The van der Waals surface area contributed by atoms with Crippen LogP contribution in [0.25, 0.3) is 0 Å². The molecule has 0 saturated heterocycles. The van der Waals surface area contributed by atoms with Crippen LogP contribution in [-0.2, 0) is 0 Å². The average Bonchev–Trinajstić information content (AvgIpc) is 2.12. The third-order valence-corrected chi connectivity index (χ3v) is 1.10. The Balaban J connectivity index is 2.48. The summed E-state index contributed by atoms with van der Waals surface area (Å²) in [4.78, 5) is 0. The highest BCUT2D eigenvalue weighted by molar-refractivity contribution is 5.20. The molecule has 0 heterocycles. The van der Waals surface area contributed by atoms with Crippen molar-refractivity contribution in [2.75, 3.05) is 0 Å². The van der Waals surface area contributed by atoms with Gasteiger partial charge in [0.05, 0.1) is 5.60 Å². The summed E-state index contributed by atoms with van der Waals surface area (Å²) in [5.41, 5.74) is 0.823. The molecule has 0 aliphatic heterocycles. The molecule has 1 N–H and O–H groups in total. The summed E-state index contributed by atoms with van der Waals surface area (Å²) < 4.78 is 0. The lowest BCUT2D eigenvalue weighted by molar-refractivity contribution is 0.133. The smallest absolute Gasteiger partial charge is 0.0774 e. The maximum Gasteiger partial charge on any atom is 0.0774 e. The Labute approximate surface area is 50.0 Å². The van der Waals surface area contributed by atoms with Gasteiger partial charge in [0.15, 0.2) is 0 Å². The number of rotatable bonds is 1. The van der Waals surface area contributed by atoms with E-state index in [1.165, 1.54) is 18.4 Å². The Morgan fingerprint density at radius 2 is 2.00 bits per heavy atom. The molecule has 1 rings (SSSR count). The van der Waals surface area contributed by atoms with E-state index in [0.717, 1.165) is 0 Å². The van der Waals surface area contributed by atoms with Gasteiger partial charge in [-0.1, -0.05) is 11.6 Å². The molecule has 1 fully saturated rings. The minimum Gasteiger partial charge on any atom is -0.386 e. The van der Waals surface area contributed by atoms with Crippen molar-refractivity contribution in [1.29, 1.82) is 0 Å². The molecular formula is C7H12O. The molecule has 0 aromatic heterocycles. The predicted octanol–water partition coefficient (Wildman–Crippen LogP) is 1.48. The summed E-state index contributed by atoms with van der Waals surface area (Å²) in [6.07, 6.45) is 4.33. The fraction of sp³-hybridized carbons (Fsp3) is 0.714. The molecular weight excluding hydrogens is 100 g/mol. The molecule has 0 aromatic rings. The zero-order chi connectivity index (χ0) is 6.20. The van der Waals surface area contributed by atoms with Crippen LogP contribution in [0.2, 0.25) is 0 Å². The van der Waals surface area contributed by atoms with E-state index in [1.807, 2.05) is 6.08 Å². The van der Waals surface area contributed by atoms with Crippen LogP contribution >= 0.6 is 0 Å². The molecule has 0 unspecified atom stereocenters. The van der Waals surface area contributed by atoms with Gasteiger partial charge in [0, 0.05) is 0 Å². The number of allylic oxidation sites excluding steroid dienone is 1. The largest absolute Gasteiger partial charge is 0.386 e. The van der Waals surface area contributed by atoms with E-state index in [9.17, 15) is 0 Å². The van der Waals surface area contributed by atoms with Crippen molar-refractivity contribution < 1.29 is 5.11 Å². The third kappa shape index (κ3) is 2.12. The second-order valence-electron chi connectivity index (χ2n) is 2.96. The van der Waals surface area contributed by atoms with Gasteiger partial charge in [-0.05, 0) is 26.7 Å². The third-order valence-electron chi connectivity index (χ3n) is 1.10. The molecule has 0 radical (unpaired) electrons. The van der Waals surface area contributed by atoms with E-state index in [0.29, 0.717) is 0 Å². The van der Waals surface area contributed by atoms with E-state index in [1.54, 1.807) is 13.8 Å². The van der Waals surface area contributed by atoms with Gasteiger partial charge < -0.3 is 5.11 Å². The molecule has 1 heteroatoms. The minimum atomic E-state index is -0.578. The number of hydrogen-bond donors (Lipinski definition) is 1. The van der Waals surface area contributed by atoms with E-state index in [-0.39, 0.29) is 0 Å². The standard InChI is InChI=1S/C7H12O/c1-7(2,8)5-6-3-4-6/h5,8H,3-4H2,1-2H3. The first-order valence-corrected chi connectivity index (χ1v) is 3.01. The van der Waals surface area contributed by atoms with Crippen LogP contribution in [-0.4, -0.2) is 10.7 Å². The number of aliphatic hydroxyl groups is 1. The fourth-order valence-corrected chi connectivity index (χ4v) is 0.716. The highest BCUT2D eigenvalue weighted by Gasteiger charge is 2.16. The Morgan fingerprint density at radius 1 is 1.50 bits per heavy atom. The van der Waals surface area contributed by atoms with Crippen LogP contribution in [0, 0.1) is 0 Å². The molecule has 0 atom stereocenters. The van der Waals surface area contributed by atoms with Crippen molar-refractivity contribution >= 4 is 0 Å². The molecule has 0 aromatic carbocycles. The summed E-state index contributed by atoms with van der Waals surface area (Å²) >= 11 is 0. The zero-order valence-corrected chi connectivity index (χ0v) is 5.44. The average molecular weight is 112 g/mol. The first-order valence-electron chi connectivity index (χ1n) is 3.01. The van der Waals surface area contributed by atoms with Gasteiger partial charge in [0.25, 0.3) is 0 Å². The fourth-order valence-electron chi connectivity index (χ4n) is 0.716. The molecule has 1 saturated carbocycles. The van der Waals surface area contributed by atoms with Crippen molar-refractivity contribution in [3.8, 4) is 0 Å². The molecule has 46 valence electrons. The lowest BCUT2D eigenvalue weighted by Crippen LogP contribution is -2.13. The molecule has 1 nitrogen and oxygen atoms in total. The highest BCUT2D eigenvalue weighted by atomic mass is 16.3. The van der Waals surface area contributed by atoms with Crippen LogP contribution < -0.4 is 0 Å². The van der Waals surface area contributed by atoms with Gasteiger partial charge in [-0.25, -0.2) is 0 Å². The maximum atomic E-state index is 9.15. The van der Waals surface area contributed by atoms with Crippen LogP contribution in [0.15, 0.2) is 11.6 Å². The molecule has 1 aliphatic rings. The molecule has 0 spiro atoms. The first-order chi connectivity index (χ1) is 3.58. The molecule has 8 heavy (non-hydrogen) atoms. The summed E-state index contributed by atoms with van der Waals surface area (Å²) in [6, 6.07) is 0. The zero-order valence-electron chi connectivity index (χ0n) is 5.44. The summed E-state index contributed by atoms with van der Waals surface area (Å²) in [5.74, 6) is 0. The van der Waals surface area contributed by atoms with Crippen LogP contribution in [0.1, 0.15) is 26.7 Å². The lowest BCUT2D eigenvalue weighted by Gasteiger charge is -2.08. The molecule has 0 amide bonds. The quantitative estimate of drug-likeness (QED) is 0.509. The summed E-state index contributed by atoms with van der Waals surface area (Å²) in [7, 11) is 0.